The van der Waals surface area contributed by atoms with E-state index in [-0.39, 0.29) is 0 Å². The third-order valence-corrected chi connectivity index (χ3v) is 2.99. The van der Waals surface area contributed by atoms with Gasteiger partial charge in [0.05, 0.1) is 0 Å². The minimum atomic E-state index is 0.521. The van der Waals surface area contributed by atoms with Gasteiger partial charge in [0, 0.05) is 11.7 Å². The van der Waals surface area contributed by atoms with Gasteiger partial charge in [-0.25, -0.2) is 0 Å². The van der Waals surface area contributed by atoms with Gasteiger partial charge in [-0.05, 0) is 49.6 Å². The average Bonchev–Trinajstić information content (AvgIpc) is 2.23. The van der Waals surface area contributed by atoms with E-state index in [0.717, 1.165) is 12.2 Å². The van der Waals surface area contributed by atoms with Crippen LogP contribution in [-0.2, 0) is 0 Å². The molecule has 0 aliphatic carbocycles. The molecule has 1 unspecified atom stereocenters. The fourth-order valence-electron chi connectivity index (χ4n) is 2.15. The van der Waals surface area contributed by atoms with Crippen molar-refractivity contribution in [1.82, 2.24) is 5.32 Å². The first-order chi connectivity index (χ1) is 6.77. The number of hydrogen-bond donors (Lipinski definition) is 2. The largest absolute Gasteiger partial charge is 0.399 e. The molecule has 1 aromatic rings. The van der Waals surface area contributed by atoms with Crippen molar-refractivity contribution in [3.8, 4) is 0 Å². The van der Waals surface area contributed by atoms with Crippen LogP contribution in [0, 0.1) is 6.92 Å². The molecule has 14 heavy (non-hydrogen) atoms. The van der Waals surface area contributed by atoms with Crippen molar-refractivity contribution in [3.05, 3.63) is 29.3 Å². The highest BCUT2D eigenvalue weighted by molar-refractivity contribution is 5.45. The second kappa shape index (κ2) is 4.01. The van der Waals surface area contributed by atoms with Gasteiger partial charge in [-0.3, -0.25) is 0 Å². The van der Waals surface area contributed by atoms with Crippen molar-refractivity contribution in [2.24, 2.45) is 0 Å². The maximum absolute atomic E-state index is 5.81. The van der Waals surface area contributed by atoms with Crippen molar-refractivity contribution < 1.29 is 0 Å². The summed E-state index contributed by atoms with van der Waals surface area (Å²) in [6, 6.07) is 6.72. The second-order valence-electron chi connectivity index (χ2n) is 4.12. The number of nitrogens with two attached hydrogens (primary N) is 1. The lowest BCUT2D eigenvalue weighted by Crippen LogP contribution is -2.27. The Labute approximate surface area is 85.5 Å². The van der Waals surface area contributed by atoms with E-state index in [2.05, 4.69) is 24.4 Å². The summed E-state index contributed by atoms with van der Waals surface area (Å²) < 4.78 is 0. The normalized spacial score (nSPS) is 22.2. The molecular weight excluding hydrogens is 172 g/mol. The molecule has 3 N–H and O–H groups in total. The Morgan fingerprint density at radius 3 is 2.93 bits per heavy atom. The molecule has 1 aliphatic heterocycles. The fraction of sp³-hybridized carbons (Fsp3) is 0.500. The van der Waals surface area contributed by atoms with E-state index in [1.165, 1.54) is 30.4 Å². The second-order valence-corrected chi connectivity index (χ2v) is 4.12. The van der Waals surface area contributed by atoms with E-state index in [4.69, 9.17) is 5.73 Å². The predicted molar refractivity (Wildman–Crippen MR) is 60.2 cm³/mol. The Morgan fingerprint density at radius 2 is 2.21 bits per heavy atom. The van der Waals surface area contributed by atoms with Crippen molar-refractivity contribution in [2.45, 2.75) is 32.2 Å². The van der Waals surface area contributed by atoms with Crippen LogP contribution in [0.5, 0.6) is 0 Å². The van der Waals surface area contributed by atoms with Crippen LogP contribution in [0.1, 0.15) is 36.4 Å². The lowest BCUT2D eigenvalue weighted by atomic mass is 9.94. The Hall–Kier alpha value is -1.02. The smallest absolute Gasteiger partial charge is 0.0323 e. The summed E-state index contributed by atoms with van der Waals surface area (Å²) in [6.45, 7) is 3.30. The van der Waals surface area contributed by atoms with Crippen molar-refractivity contribution >= 4 is 5.69 Å². The van der Waals surface area contributed by atoms with Crippen molar-refractivity contribution in [3.63, 3.8) is 0 Å². The molecule has 1 atom stereocenters. The maximum Gasteiger partial charge on any atom is 0.0323 e. The number of benzene rings is 1. The van der Waals surface area contributed by atoms with Gasteiger partial charge >= 0.3 is 0 Å². The molecule has 1 aliphatic rings. The van der Waals surface area contributed by atoms with Crippen LogP contribution in [0.15, 0.2) is 18.2 Å². The molecule has 2 nitrogen and oxygen atoms in total. The molecule has 2 heteroatoms. The molecule has 0 amide bonds. The van der Waals surface area contributed by atoms with E-state index in [1.54, 1.807) is 0 Å². The number of anilines is 1. The summed E-state index contributed by atoms with van der Waals surface area (Å²) in [4.78, 5) is 0. The first-order valence-electron chi connectivity index (χ1n) is 5.37. The highest BCUT2D eigenvalue weighted by Gasteiger charge is 2.16. The highest BCUT2D eigenvalue weighted by atomic mass is 14.9. The summed E-state index contributed by atoms with van der Waals surface area (Å²) in [5, 5.41) is 3.55. The quantitative estimate of drug-likeness (QED) is 0.667. The first kappa shape index (κ1) is 9.53. The molecule has 0 aromatic heterocycles. The lowest BCUT2D eigenvalue weighted by Gasteiger charge is -2.25. The SMILES string of the molecule is Cc1ccc(N)cc1C1CCCCN1. The molecule has 1 aromatic carbocycles. The number of hydrogen-bond acceptors (Lipinski definition) is 2. The van der Waals surface area contributed by atoms with Crippen LogP contribution >= 0.6 is 0 Å². The van der Waals surface area contributed by atoms with Crippen molar-refractivity contribution in [1.29, 1.82) is 0 Å². The molecule has 76 valence electrons. The van der Waals surface area contributed by atoms with Gasteiger partial charge in [0.2, 0.25) is 0 Å². The average molecular weight is 190 g/mol. The predicted octanol–water partition coefficient (Wildman–Crippen LogP) is 2.39. The topological polar surface area (TPSA) is 38.0 Å². The van der Waals surface area contributed by atoms with Gasteiger partial charge < -0.3 is 11.1 Å². The zero-order chi connectivity index (χ0) is 9.97. The molecule has 1 saturated heterocycles. The van der Waals surface area contributed by atoms with E-state index in [1.807, 2.05) is 6.07 Å². The van der Waals surface area contributed by atoms with Crippen LogP contribution in [-0.4, -0.2) is 6.54 Å². The first-order valence-corrected chi connectivity index (χ1v) is 5.37. The summed E-state index contributed by atoms with van der Waals surface area (Å²) in [5.74, 6) is 0. The lowest BCUT2D eigenvalue weighted by molar-refractivity contribution is 0.411. The number of nitrogen functional groups attached to an aromatic ring is 1. The third kappa shape index (κ3) is 1.90. The number of aryl methyl sites for hydroxylation is 1. The summed E-state index contributed by atoms with van der Waals surface area (Å²) in [7, 11) is 0. The monoisotopic (exact) mass is 190 g/mol. The molecule has 2 rings (SSSR count). The molecular formula is C12H18N2. The Balaban J connectivity index is 2.24. The van der Waals surface area contributed by atoms with Crippen molar-refractivity contribution in [2.75, 3.05) is 12.3 Å². The van der Waals surface area contributed by atoms with E-state index >= 15 is 0 Å². The number of rotatable bonds is 1. The van der Waals surface area contributed by atoms with Crippen LogP contribution in [0.2, 0.25) is 0 Å². The zero-order valence-electron chi connectivity index (χ0n) is 8.72. The molecule has 0 bridgehead atoms. The summed E-state index contributed by atoms with van der Waals surface area (Å²) in [6.07, 6.45) is 3.87. The molecule has 1 heterocycles. The third-order valence-electron chi connectivity index (χ3n) is 2.99. The van der Waals surface area contributed by atoms with E-state index in [0.29, 0.717) is 6.04 Å². The van der Waals surface area contributed by atoms with Crippen LogP contribution in [0.4, 0.5) is 5.69 Å². The Kier molecular flexibility index (Phi) is 2.73. The van der Waals surface area contributed by atoms with Gasteiger partial charge in [0.15, 0.2) is 0 Å². The van der Waals surface area contributed by atoms with E-state index in [9.17, 15) is 0 Å². The zero-order valence-corrected chi connectivity index (χ0v) is 8.72. The Bertz CT molecular complexity index is 314. The van der Waals surface area contributed by atoms with E-state index < -0.39 is 0 Å². The number of nitrogens with one attached hydrogen (secondary N) is 1. The molecule has 0 spiro atoms. The van der Waals surface area contributed by atoms with Gasteiger partial charge in [-0.2, -0.15) is 0 Å². The van der Waals surface area contributed by atoms with Gasteiger partial charge in [0.25, 0.3) is 0 Å². The molecule has 0 saturated carbocycles. The standard InChI is InChI=1S/C12H18N2/c1-9-5-6-10(13)8-11(9)12-4-2-3-7-14-12/h5-6,8,12,14H,2-4,7,13H2,1H3. The minimum absolute atomic E-state index is 0.521. The summed E-state index contributed by atoms with van der Waals surface area (Å²) in [5.41, 5.74) is 9.40. The van der Waals surface area contributed by atoms with Crippen LogP contribution in [0.25, 0.3) is 0 Å². The van der Waals surface area contributed by atoms with Gasteiger partial charge in [-0.15, -0.1) is 0 Å². The number of piperidine rings is 1. The molecule has 1 fully saturated rings. The van der Waals surface area contributed by atoms with Crippen LogP contribution in [0.3, 0.4) is 0 Å². The summed E-state index contributed by atoms with van der Waals surface area (Å²) >= 11 is 0. The Morgan fingerprint density at radius 1 is 1.36 bits per heavy atom. The highest BCUT2D eigenvalue weighted by Crippen LogP contribution is 2.26. The fourth-order valence-corrected chi connectivity index (χ4v) is 2.15. The van der Waals surface area contributed by atoms with Crippen LogP contribution < -0.4 is 11.1 Å². The maximum atomic E-state index is 5.81. The van der Waals surface area contributed by atoms with Gasteiger partial charge in [0.1, 0.15) is 0 Å². The minimum Gasteiger partial charge on any atom is -0.399 e. The van der Waals surface area contributed by atoms with Gasteiger partial charge in [-0.1, -0.05) is 12.5 Å². The molecule has 0 radical (unpaired) electrons.